The van der Waals surface area contributed by atoms with Crippen LogP contribution in [0.2, 0.25) is 0 Å². The van der Waals surface area contributed by atoms with Gasteiger partial charge in [0.15, 0.2) is 5.82 Å². The van der Waals surface area contributed by atoms with Crippen LogP contribution in [0.3, 0.4) is 0 Å². The zero-order valence-electron chi connectivity index (χ0n) is 12.6. The van der Waals surface area contributed by atoms with E-state index in [1.54, 1.807) is 7.11 Å². The largest absolute Gasteiger partial charge is 0.380 e. The maximum absolute atomic E-state index is 5.13. The number of methoxy groups -OCH3 is 1. The topological polar surface area (TPSA) is 47.0 Å². The molecule has 5 heteroatoms. The molecule has 1 N–H and O–H groups in total. The summed E-state index contributed by atoms with van der Waals surface area (Å²) >= 11 is 2.31. The van der Waals surface area contributed by atoms with Gasteiger partial charge in [0.25, 0.3) is 0 Å². The summed E-state index contributed by atoms with van der Waals surface area (Å²) in [6, 6.07) is 8.20. The van der Waals surface area contributed by atoms with Gasteiger partial charge in [-0.15, -0.1) is 0 Å². The molecule has 0 saturated carbocycles. The Morgan fingerprint density at radius 3 is 2.48 bits per heavy atom. The van der Waals surface area contributed by atoms with Crippen molar-refractivity contribution in [1.82, 2.24) is 9.97 Å². The standard InChI is InChI=1S/C16H20IN3O/c1-4-5-13-14(17)16(18-2)20-15(19-13)12-8-6-11(7-9-12)10-21-3/h6-9H,4-5,10H2,1-3H3,(H,18,19,20). The molecule has 0 saturated heterocycles. The highest BCUT2D eigenvalue weighted by atomic mass is 127. The lowest BCUT2D eigenvalue weighted by molar-refractivity contribution is 0.185. The van der Waals surface area contributed by atoms with E-state index < -0.39 is 0 Å². The summed E-state index contributed by atoms with van der Waals surface area (Å²) in [5.74, 6) is 1.66. The van der Waals surface area contributed by atoms with Crippen LogP contribution >= 0.6 is 22.6 Å². The van der Waals surface area contributed by atoms with Crippen LogP contribution in [0.4, 0.5) is 5.82 Å². The Kier molecular flexibility index (Phi) is 5.93. The lowest BCUT2D eigenvalue weighted by Gasteiger charge is -2.11. The molecule has 1 aromatic carbocycles. The first-order valence-electron chi connectivity index (χ1n) is 7.02. The van der Waals surface area contributed by atoms with Gasteiger partial charge in [0.05, 0.1) is 15.9 Å². The normalized spacial score (nSPS) is 10.7. The lowest BCUT2D eigenvalue weighted by Crippen LogP contribution is -2.05. The summed E-state index contributed by atoms with van der Waals surface area (Å²) in [5.41, 5.74) is 3.28. The minimum atomic E-state index is 0.622. The zero-order chi connectivity index (χ0) is 15.2. The van der Waals surface area contributed by atoms with E-state index in [0.717, 1.165) is 44.9 Å². The van der Waals surface area contributed by atoms with Crippen LogP contribution in [0, 0.1) is 3.57 Å². The molecular weight excluding hydrogens is 377 g/mol. The van der Waals surface area contributed by atoms with Crippen molar-refractivity contribution in [2.24, 2.45) is 0 Å². The molecule has 21 heavy (non-hydrogen) atoms. The highest BCUT2D eigenvalue weighted by Gasteiger charge is 2.12. The van der Waals surface area contributed by atoms with Crippen molar-refractivity contribution < 1.29 is 4.74 Å². The van der Waals surface area contributed by atoms with E-state index in [4.69, 9.17) is 9.72 Å². The predicted molar refractivity (Wildman–Crippen MR) is 94.4 cm³/mol. The fourth-order valence-electron chi connectivity index (χ4n) is 2.11. The summed E-state index contributed by atoms with van der Waals surface area (Å²) in [4.78, 5) is 9.35. The number of hydrogen-bond donors (Lipinski definition) is 1. The van der Waals surface area contributed by atoms with Crippen molar-refractivity contribution >= 4 is 28.4 Å². The number of aromatic nitrogens is 2. The molecule has 2 rings (SSSR count). The monoisotopic (exact) mass is 397 g/mol. The third-order valence-corrected chi connectivity index (χ3v) is 4.30. The lowest BCUT2D eigenvalue weighted by atomic mass is 10.1. The molecular formula is C16H20IN3O. The molecule has 0 radical (unpaired) electrons. The van der Waals surface area contributed by atoms with Crippen molar-refractivity contribution in [1.29, 1.82) is 0 Å². The summed E-state index contributed by atoms with van der Waals surface area (Å²) in [6.45, 7) is 2.78. The van der Waals surface area contributed by atoms with Gasteiger partial charge in [-0.2, -0.15) is 0 Å². The van der Waals surface area contributed by atoms with Crippen LogP contribution in [0.5, 0.6) is 0 Å². The van der Waals surface area contributed by atoms with Crippen molar-refractivity contribution in [2.45, 2.75) is 26.4 Å². The Balaban J connectivity index is 2.40. The molecule has 0 aliphatic heterocycles. The van der Waals surface area contributed by atoms with Crippen molar-refractivity contribution in [2.75, 3.05) is 19.5 Å². The van der Waals surface area contributed by atoms with Crippen LogP contribution in [0.15, 0.2) is 24.3 Å². The molecule has 4 nitrogen and oxygen atoms in total. The van der Waals surface area contributed by atoms with Gasteiger partial charge in [0.1, 0.15) is 5.82 Å². The molecule has 0 atom stereocenters. The summed E-state index contributed by atoms with van der Waals surface area (Å²) in [5, 5.41) is 3.16. The number of hydrogen-bond acceptors (Lipinski definition) is 4. The van der Waals surface area contributed by atoms with E-state index in [1.807, 2.05) is 19.2 Å². The Morgan fingerprint density at radius 2 is 1.90 bits per heavy atom. The molecule has 0 aliphatic rings. The van der Waals surface area contributed by atoms with E-state index in [2.05, 4.69) is 51.9 Å². The second-order valence-electron chi connectivity index (χ2n) is 4.79. The Morgan fingerprint density at radius 1 is 1.19 bits per heavy atom. The molecule has 0 amide bonds. The zero-order valence-corrected chi connectivity index (χ0v) is 14.8. The number of ether oxygens (including phenoxy) is 1. The van der Waals surface area contributed by atoms with E-state index in [9.17, 15) is 0 Å². The fraction of sp³-hybridized carbons (Fsp3) is 0.375. The summed E-state index contributed by atoms with van der Waals surface area (Å²) < 4.78 is 6.24. The maximum Gasteiger partial charge on any atom is 0.161 e. The van der Waals surface area contributed by atoms with Crippen LogP contribution in [-0.2, 0) is 17.8 Å². The van der Waals surface area contributed by atoms with E-state index >= 15 is 0 Å². The summed E-state index contributed by atoms with van der Waals surface area (Å²) in [6.07, 6.45) is 2.03. The van der Waals surface area contributed by atoms with Crippen LogP contribution in [0.25, 0.3) is 11.4 Å². The Hall–Kier alpha value is -1.21. The van der Waals surface area contributed by atoms with Crippen LogP contribution in [-0.4, -0.2) is 24.1 Å². The average Bonchev–Trinajstić information content (AvgIpc) is 2.51. The van der Waals surface area contributed by atoms with Crippen molar-refractivity contribution in [3.63, 3.8) is 0 Å². The second kappa shape index (κ2) is 7.70. The third-order valence-electron chi connectivity index (χ3n) is 3.17. The number of halogens is 1. The minimum absolute atomic E-state index is 0.622. The number of nitrogens with one attached hydrogen (secondary N) is 1. The average molecular weight is 397 g/mol. The highest BCUT2D eigenvalue weighted by molar-refractivity contribution is 14.1. The van der Waals surface area contributed by atoms with Gasteiger partial charge >= 0.3 is 0 Å². The second-order valence-corrected chi connectivity index (χ2v) is 5.87. The van der Waals surface area contributed by atoms with Gasteiger partial charge in [-0.05, 0) is 34.6 Å². The number of aryl methyl sites for hydroxylation is 1. The van der Waals surface area contributed by atoms with Crippen LogP contribution in [0.1, 0.15) is 24.6 Å². The molecule has 2 aromatic rings. The smallest absolute Gasteiger partial charge is 0.161 e. The molecule has 0 bridgehead atoms. The van der Waals surface area contributed by atoms with Gasteiger partial charge in [0.2, 0.25) is 0 Å². The Bertz CT molecular complexity index is 599. The van der Waals surface area contributed by atoms with Gasteiger partial charge in [-0.3, -0.25) is 0 Å². The number of benzene rings is 1. The minimum Gasteiger partial charge on any atom is -0.380 e. The molecule has 1 heterocycles. The molecule has 0 fully saturated rings. The molecule has 112 valence electrons. The highest BCUT2D eigenvalue weighted by Crippen LogP contribution is 2.25. The first kappa shape index (κ1) is 16.2. The molecule has 1 aromatic heterocycles. The number of anilines is 1. The number of rotatable bonds is 6. The quantitative estimate of drug-likeness (QED) is 0.752. The maximum atomic E-state index is 5.13. The predicted octanol–water partition coefficient (Wildman–Crippen LogP) is 3.89. The fourth-order valence-corrected chi connectivity index (χ4v) is 2.89. The Labute approximate surface area is 139 Å². The van der Waals surface area contributed by atoms with Gasteiger partial charge in [0, 0.05) is 19.7 Å². The first-order chi connectivity index (χ1) is 10.2. The van der Waals surface area contributed by atoms with Gasteiger partial charge in [-0.1, -0.05) is 37.6 Å². The number of nitrogens with zero attached hydrogens (tertiary/aromatic N) is 2. The van der Waals surface area contributed by atoms with E-state index in [0.29, 0.717) is 6.61 Å². The molecule has 0 aliphatic carbocycles. The van der Waals surface area contributed by atoms with Crippen molar-refractivity contribution in [3.05, 3.63) is 39.1 Å². The molecule has 0 unspecified atom stereocenters. The summed E-state index contributed by atoms with van der Waals surface area (Å²) in [7, 11) is 3.60. The van der Waals surface area contributed by atoms with Gasteiger partial charge < -0.3 is 10.1 Å². The van der Waals surface area contributed by atoms with E-state index in [-0.39, 0.29) is 0 Å². The van der Waals surface area contributed by atoms with E-state index in [1.165, 1.54) is 0 Å². The van der Waals surface area contributed by atoms with Gasteiger partial charge in [-0.25, -0.2) is 9.97 Å². The van der Waals surface area contributed by atoms with Crippen molar-refractivity contribution in [3.8, 4) is 11.4 Å². The third kappa shape index (κ3) is 3.91. The van der Waals surface area contributed by atoms with Crippen LogP contribution < -0.4 is 5.32 Å². The first-order valence-corrected chi connectivity index (χ1v) is 8.09. The SMILES string of the molecule is CCCc1nc(-c2ccc(COC)cc2)nc(NC)c1I. The molecule has 0 spiro atoms.